The Labute approximate surface area is 124 Å². The molecule has 1 atom stereocenters. The second-order valence-electron chi connectivity index (χ2n) is 4.59. The standard InChI is InChI=1S/C15H12BrFO3/c16-10-3-9(4-11(17)5-10)7-19-12-1-2-13-14(18)8-20-15(13)6-12/h1-6,14,18H,7-8H2. The molecule has 2 aromatic rings. The zero-order chi connectivity index (χ0) is 14.1. The van der Waals surface area contributed by atoms with Gasteiger partial charge >= 0.3 is 0 Å². The topological polar surface area (TPSA) is 38.7 Å². The molecule has 0 saturated heterocycles. The third kappa shape index (κ3) is 2.78. The van der Waals surface area contributed by atoms with Crippen molar-refractivity contribution in [3.63, 3.8) is 0 Å². The first-order valence-corrected chi connectivity index (χ1v) is 6.94. The van der Waals surface area contributed by atoms with Crippen LogP contribution >= 0.6 is 15.9 Å². The SMILES string of the molecule is OC1COc2cc(OCc3cc(F)cc(Br)c3)ccc21. The molecule has 0 fully saturated rings. The van der Waals surface area contributed by atoms with Crippen molar-refractivity contribution < 1.29 is 19.0 Å². The van der Waals surface area contributed by atoms with Gasteiger partial charge in [-0.3, -0.25) is 0 Å². The number of halogens is 2. The summed E-state index contributed by atoms with van der Waals surface area (Å²) in [5.41, 5.74) is 1.50. The van der Waals surface area contributed by atoms with Crippen LogP contribution in [-0.4, -0.2) is 11.7 Å². The predicted molar refractivity (Wildman–Crippen MR) is 75.3 cm³/mol. The summed E-state index contributed by atoms with van der Waals surface area (Å²) in [4.78, 5) is 0. The summed E-state index contributed by atoms with van der Waals surface area (Å²) >= 11 is 3.24. The third-order valence-corrected chi connectivity index (χ3v) is 3.53. The Morgan fingerprint density at radius 2 is 2.15 bits per heavy atom. The molecular formula is C15H12BrFO3. The van der Waals surface area contributed by atoms with Crippen LogP contribution in [0.1, 0.15) is 17.2 Å². The first-order chi connectivity index (χ1) is 9.61. The number of ether oxygens (including phenoxy) is 2. The quantitative estimate of drug-likeness (QED) is 0.929. The lowest BCUT2D eigenvalue weighted by Crippen LogP contribution is -1.97. The summed E-state index contributed by atoms with van der Waals surface area (Å²) < 4.78 is 24.9. The van der Waals surface area contributed by atoms with Gasteiger partial charge in [0.15, 0.2) is 0 Å². The van der Waals surface area contributed by atoms with Crippen molar-refractivity contribution in [1.29, 1.82) is 0 Å². The summed E-state index contributed by atoms with van der Waals surface area (Å²) in [6.07, 6.45) is -0.571. The van der Waals surface area contributed by atoms with E-state index in [4.69, 9.17) is 9.47 Å². The Hall–Kier alpha value is -1.59. The number of rotatable bonds is 3. The molecule has 20 heavy (non-hydrogen) atoms. The lowest BCUT2D eigenvalue weighted by atomic mass is 10.1. The summed E-state index contributed by atoms with van der Waals surface area (Å²) in [6, 6.07) is 9.91. The molecule has 1 unspecified atom stereocenters. The fourth-order valence-corrected chi connectivity index (χ4v) is 2.64. The van der Waals surface area contributed by atoms with Gasteiger partial charge in [-0.25, -0.2) is 4.39 Å². The number of hydrogen-bond donors (Lipinski definition) is 1. The minimum absolute atomic E-state index is 0.262. The zero-order valence-electron chi connectivity index (χ0n) is 10.5. The first kappa shape index (κ1) is 13.4. The van der Waals surface area contributed by atoms with Gasteiger partial charge in [-0.1, -0.05) is 15.9 Å². The summed E-state index contributed by atoms with van der Waals surface area (Å²) in [5.74, 6) is 0.951. The molecule has 0 spiro atoms. The van der Waals surface area contributed by atoms with Gasteiger partial charge < -0.3 is 14.6 Å². The van der Waals surface area contributed by atoms with Crippen LogP contribution in [0.5, 0.6) is 11.5 Å². The average molecular weight is 339 g/mol. The van der Waals surface area contributed by atoms with Gasteiger partial charge in [0.1, 0.15) is 36.6 Å². The first-order valence-electron chi connectivity index (χ1n) is 6.14. The highest BCUT2D eigenvalue weighted by Crippen LogP contribution is 2.35. The minimum Gasteiger partial charge on any atom is -0.490 e. The highest BCUT2D eigenvalue weighted by atomic mass is 79.9. The van der Waals surface area contributed by atoms with Crippen molar-refractivity contribution >= 4 is 15.9 Å². The minimum atomic E-state index is -0.571. The molecule has 2 aromatic carbocycles. The van der Waals surface area contributed by atoms with Gasteiger partial charge in [0.05, 0.1) is 0 Å². The van der Waals surface area contributed by atoms with E-state index in [9.17, 15) is 9.50 Å². The Balaban J connectivity index is 1.72. The maximum atomic E-state index is 13.2. The van der Waals surface area contributed by atoms with E-state index in [1.165, 1.54) is 12.1 Å². The highest BCUT2D eigenvalue weighted by molar-refractivity contribution is 9.10. The number of benzene rings is 2. The van der Waals surface area contributed by atoms with E-state index in [1.54, 1.807) is 24.3 Å². The van der Waals surface area contributed by atoms with E-state index in [0.717, 1.165) is 11.1 Å². The monoisotopic (exact) mass is 338 g/mol. The van der Waals surface area contributed by atoms with Crippen LogP contribution in [0.15, 0.2) is 40.9 Å². The fourth-order valence-electron chi connectivity index (χ4n) is 2.12. The number of aliphatic hydroxyl groups excluding tert-OH is 1. The van der Waals surface area contributed by atoms with E-state index in [2.05, 4.69) is 15.9 Å². The molecule has 1 N–H and O–H groups in total. The summed E-state index contributed by atoms with van der Waals surface area (Å²) in [7, 11) is 0. The predicted octanol–water partition coefficient (Wildman–Crippen LogP) is 3.59. The number of fused-ring (bicyclic) bond motifs is 1. The van der Waals surface area contributed by atoms with Crippen LogP contribution in [0.25, 0.3) is 0 Å². The van der Waals surface area contributed by atoms with E-state index in [1.807, 2.05) is 0 Å². The molecule has 5 heteroatoms. The molecule has 1 heterocycles. The largest absolute Gasteiger partial charge is 0.490 e. The smallest absolute Gasteiger partial charge is 0.129 e. The Bertz CT molecular complexity index is 625. The Kier molecular flexibility index (Phi) is 3.63. The van der Waals surface area contributed by atoms with Gasteiger partial charge in [0.2, 0.25) is 0 Å². The highest BCUT2D eigenvalue weighted by Gasteiger charge is 2.21. The van der Waals surface area contributed by atoms with E-state index in [0.29, 0.717) is 16.0 Å². The third-order valence-electron chi connectivity index (χ3n) is 3.07. The Morgan fingerprint density at radius 3 is 2.95 bits per heavy atom. The maximum Gasteiger partial charge on any atom is 0.129 e. The lowest BCUT2D eigenvalue weighted by Gasteiger charge is -2.08. The molecule has 0 aromatic heterocycles. The van der Waals surface area contributed by atoms with Crippen LogP contribution in [0.2, 0.25) is 0 Å². The van der Waals surface area contributed by atoms with Crippen molar-refractivity contribution in [3.05, 3.63) is 57.8 Å². The molecular weight excluding hydrogens is 327 g/mol. The van der Waals surface area contributed by atoms with Crippen molar-refractivity contribution in [2.24, 2.45) is 0 Å². The van der Waals surface area contributed by atoms with Gasteiger partial charge in [0, 0.05) is 16.1 Å². The van der Waals surface area contributed by atoms with E-state index in [-0.39, 0.29) is 19.0 Å². The second kappa shape index (κ2) is 5.42. The molecule has 104 valence electrons. The summed E-state index contributed by atoms with van der Waals surface area (Å²) in [6.45, 7) is 0.535. The van der Waals surface area contributed by atoms with Crippen LogP contribution < -0.4 is 9.47 Å². The normalized spacial score (nSPS) is 16.6. The second-order valence-corrected chi connectivity index (χ2v) is 5.51. The molecule has 0 saturated carbocycles. The molecule has 0 radical (unpaired) electrons. The van der Waals surface area contributed by atoms with Crippen molar-refractivity contribution in [2.75, 3.05) is 6.61 Å². The number of hydrogen-bond acceptors (Lipinski definition) is 3. The van der Waals surface area contributed by atoms with E-state index < -0.39 is 6.10 Å². The molecule has 0 amide bonds. The van der Waals surface area contributed by atoms with Crippen molar-refractivity contribution in [1.82, 2.24) is 0 Å². The molecule has 0 bridgehead atoms. The van der Waals surface area contributed by atoms with Crippen LogP contribution in [-0.2, 0) is 6.61 Å². The fraction of sp³-hybridized carbons (Fsp3) is 0.200. The molecule has 3 rings (SSSR count). The molecule has 1 aliphatic rings. The molecule has 0 aliphatic carbocycles. The van der Waals surface area contributed by atoms with Crippen molar-refractivity contribution in [2.45, 2.75) is 12.7 Å². The van der Waals surface area contributed by atoms with Crippen LogP contribution in [0.3, 0.4) is 0 Å². The van der Waals surface area contributed by atoms with E-state index >= 15 is 0 Å². The lowest BCUT2D eigenvalue weighted by molar-refractivity contribution is 0.140. The van der Waals surface area contributed by atoms with Gasteiger partial charge in [-0.2, -0.15) is 0 Å². The van der Waals surface area contributed by atoms with Crippen LogP contribution in [0.4, 0.5) is 4.39 Å². The van der Waals surface area contributed by atoms with Crippen molar-refractivity contribution in [3.8, 4) is 11.5 Å². The molecule has 1 aliphatic heterocycles. The maximum absolute atomic E-state index is 13.2. The van der Waals surface area contributed by atoms with Gasteiger partial charge in [-0.05, 0) is 35.9 Å². The van der Waals surface area contributed by atoms with Crippen LogP contribution in [0, 0.1) is 5.82 Å². The number of aliphatic hydroxyl groups is 1. The summed E-state index contributed by atoms with van der Waals surface area (Å²) in [5, 5.41) is 9.63. The average Bonchev–Trinajstić information content (AvgIpc) is 2.77. The van der Waals surface area contributed by atoms with Gasteiger partial charge in [0.25, 0.3) is 0 Å². The molecule has 3 nitrogen and oxygen atoms in total. The zero-order valence-corrected chi connectivity index (χ0v) is 12.1. The van der Waals surface area contributed by atoms with Gasteiger partial charge in [-0.15, -0.1) is 0 Å². The Morgan fingerprint density at radius 1 is 1.30 bits per heavy atom.